The molecule has 6 nitrogen and oxygen atoms in total. The van der Waals surface area contributed by atoms with Crippen molar-refractivity contribution in [2.24, 2.45) is 7.05 Å². The van der Waals surface area contributed by atoms with Crippen molar-refractivity contribution in [3.05, 3.63) is 59.9 Å². The monoisotopic (exact) mass is 342 g/mol. The molecule has 0 saturated carbocycles. The van der Waals surface area contributed by atoms with Gasteiger partial charge in [0.1, 0.15) is 6.33 Å². The van der Waals surface area contributed by atoms with Crippen LogP contribution in [-0.2, 0) is 17.1 Å². The molecule has 0 bridgehead atoms. The zero-order valence-electron chi connectivity index (χ0n) is 13.7. The van der Waals surface area contributed by atoms with Crippen LogP contribution in [0.15, 0.2) is 53.7 Å². The summed E-state index contributed by atoms with van der Waals surface area (Å²) in [7, 11) is -1.80. The first-order chi connectivity index (χ1) is 11.4. The quantitative estimate of drug-likeness (QED) is 0.791. The summed E-state index contributed by atoms with van der Waals surface area (Å²) in [5.74, 6) is 0.684. The first-order valence-electron chi connectivity index (χ1n) is 7.42. The van der Waals surface area contributed by atoms with E-state index in [0.29, 0.717) is 11.5 Å². The number of nitrogens with one attached hydrogen (secondary N) is 1. The lowest BCUT2D eigenvalue weighted by molar-refractivity contribution is 0.601. The van der Waals surface area contributed by atoms with E-state index in [-0.39, 0.29) is 4.90 Å². The summed E-state index contributed by atoms with van der Waals surface area (Å²) in [6, 6.07) is 12.2. The van der Waals surface area contributed by atoms with Gasteiger partial charge in [0.25, 0.3) is 10.0 Å². The van der Waals surface area contributed by atoms with Crippen molar-refractivity contribution in [3.63, 3.8) is 0 Å². The maximum atomic E-state index is 12.6. The van der Waals surface area contributed by atoms with Crippen molar-refractivity contribution in [1.82, 2.24) is 14.8 Å². The lowest BCUT2D eigenvalue weighted by atomic mass is 10.1. The summed E-state index contributed by atoms with van der Waals surface area (Å²) in [5.41, 5.74) is 3.16. The molecule has 3 rings (SSSR count). The van der Waals surface area contributed by atoms with E-state index < -0.39 is 10.0 Å². The molecule has 24 heavy (non-hydrogen) atoms. The van der Waals surface area contributed by atoms with Crippen LogP contribution in [0.1, 0.15) is 11.1 Å². The summed E-state index contributed by atoms with van der Waals surface area (Å²) in [5, 5.41) is 7.96. The number of nitrogens with zero attached hydrogens (tertiary/aromatic N) is 3. The van der Waals surface area contributed by atoms with Gasteiger partial charge in [-0.3, -0.25) is 4.72 Å². The second-order valence-corrected chi connectivity index (χ2v) is 7.34. The van der Waals surface area contributed by atoms with Crippen molar-refractivity contribution in [2.45, 2.75) is 18.7 Å². The van der Waals surface area contributed by atoms with Crippen LogP contribution in [-0.4, -0.2) is 23.2 Å². The van der Waals surface area contributed by atoms with Gasteiger partial charge in [-0.25, -0.2) is 8.42 Å². The average Bonchev–Trinajstić information content (AvgIpc) is 2.96. The van der Waals surface area contributed by atoms with Crippen molar-refractivity contribution >= 4 is 15.7 Å². The van der Waals surface area contributed by atoms with Gasteiger partial charge >= 0.3 is 0 Å². The van der Waals surface area contributed by atoms with Gasteiger partial charge in [-0.1, -0.05) is 29.8 Å². The molecule has 3 aromatic rings. The molecule has 0 saturated heterocycles. The fourth-order valence-corrected chi connectivity index (χ4v) is 3.56. The summed E-state index contributed by atoms with van der Waals surface area (Å²) in [6.07, 6.45) is 1.61. The molecular formula is C17H18N4O2S. The van der Waals surface area contributed by atoms with E-state index in [4.69, 9.17) is 0 Å². The summed E-state index contributed by atoms with van der Waals surface area (Å²) < 4.78 is 29.6. The van der Waals surface area contributed by atoms with Crippen molar-refractivity contribution in [2.75, 3.05) is 4.72 Å². The Morgan fingerprint density at radius 3 is 2.38 bits per heavy atom. The molecule has 1 heterocycles. The number of rotatable bonds is 4. The summed E-state index contributed by atoms with van der Waals surface area (Å²) >= 11 is 0. The second kappa shape index (κ2) is 6.09. The standard InChI is InChI=1S/C17H18N4O2S/c1-12-7-9-14(10-8-12)24(22,23)20-16-6-4-5-15(13(16)2)17-19-18-11-21(17)3/h4-11,20H,1-3H3. The minimum absolute atomic E-state index is 0.233. The number of hydrogen-bond acceptors (Lipinski definition) is 4. The fraction of sp³-hybridized carbons (Fsp3) is 0.176. The van der Waals surface area contributed by atoms with Crippen LogP contribution < -0.4 is 4.72 Å². The minimum Gasteiger partial charge on any atom is -0.317 e. The molecule has 1 aromatic heterocycles. The van der Waals surface area contributed by atoms with E-state index >= 15 is 0 Å². The summed E-state index contributed by atoms with van der Waals surface area (Å²) in [4.78, 5) is 0.233. The topological polar surface area (TPSA) is 76.9 Å². The predicted molar refractivity (Wildman–Crippen MR) is 93.2 cm³/mol. The SMILES string of the molecule is Cc1ccc(S(=O)(=O)Nc2cccc(-c3nncn3C)c2C)cc1. The van der Waals surface area contributed by atoms with Gasteiger partial charge in [0.15, 0.2) is 5.82 Å². The highest BCUT2D eigenvalue weighted by Gasteiger charge is 2.17. The van der Waals surface area contributed by atoms with Gasteiger partial charge in [-0.05, 0) is 37.6 Å². The van der Waals surface area contributed by atoms with Gasteiger partial charge < -0.3 is 4.57 Å². The Labute approximate surface area is 141 Å². The molecule has 0 aliphatic heterocycles. The van der Waals surface area contributed by atoms with Crippen LogP contribution in [0.2, 0.25) is 0 Å². The lowest BCUT2D eigenvalue weighted by Gasteiger charge is -2.13. The Morgan fingerprint density at radius 2 is 1.75 bits per heavy atom. The Bertz CT molecular complexity index is 976. The first-order valence-corrected chi connectivity index (χ1v) is 8.90. The van der Waals surface area contributed by atoms with Crippen LogP contribution in [0.3, 0.4) is 0 Å². The largest absolute Gasteiger partial charge is 0.317 e. The zero-order valence-corrected chi connectivity index (χ0v) is 14.5. The second-order valence-electron chi connectivity index (χ2n) is 5.66. The van der Waals surface area contributed by atoms with E-state index in [1.54, 1.807) is 47.3 Å². The Kier molecular flexibility index (Phi) is 4.11. The van der Waals surface area contributed by atoms with Gasteiger partial charge in [0, 0.05) is 12.6 Å². The van der Waals surface area contributed by atoms with E-state index in [1.165, 1.54) is 0 Å². The van der Waals surface area contributed by atoms with Crippen LogP contribution in [0.4, 0.5) is 5.69 Å². The number of aromatic nitrogens is 3. The smallest absolute Gasteiger partial charge is 0.261 e. The molecule has 0 fully saturated rings. The third-order valence-electron chi connectivity index (χ3n) is 3.86. The predicted octanol–water partition coefficient (Wildman–Crippen LogP) is 2.90. The molecule has 0 amide bonds. The van der Waals surface area contributed by atoms with Crippen molar-refractivity contribution < 1.29 is 8.42 Å². The van der Waals surface area contributed by atoms with Crippen LogP contribution in [0, 0.1) is 13.8 Å². The van der Waals surface area contributed by atoms with E-state index in [1.807, 2.05) is 27.0 Å². The Morgan fingerprint density at radius 1 is 1.04 bits per heavy atom. The molecule has 0 spiro atoms. The maximum absolute atomic E-state index is 12.6. The highest BCUT2D eigenvalue weighted by molar-refractivity contribution is 7.92. The Balaban J connectivity index is 1.99. The van der Waals surface area contributed by atoms with Crippen LogP contribution >= 0.6 is 0 Å². The maximum Gasteiger partial charge on any atom is 0.261 e. The molecule has 2 aromatic carbocycles. The molecule has 1 N–H and O–H groups in total. The molecule has 7 heteroatoms. The first kappa shape index (κ1) is 16.2. The zero-order chi connectivity index (χ0) is 17.3. The van der Waals surface area contributed by atoms with E-state index in [2.05, 4.69) is 14.9 Å². The van der Waals surface area contributed by atoms with Crippen LogP contribution in [0.5, 0.6) is 0 Å². The third-order valence-corrected chi connectivity index (χ3v) is 5.24. The number of hydrogen-bond donors (Lipinski definition) is 1. The number of sulfonamides is 1. The lowest BCUT2D eigenvalue weighted by Crippen LogP contribution is -2.14. The van der Waals surface area contributed by atoms with E-state index in [9.17, 15) is 8.42 Å². The molecule has 0 unspecified atom stereocenters. The normalized spacial score (nSPS) is 11.5. The Hall–Kier alpha value is -2.67. The van der Waals surface area contributed by atoms with Gasteiger partial charge in [-0.2, -0.15) is 0 Å². The highest BCUT2D eigenvalue weighted by atomic mass is 32.2. The van der Waals surface area contributed by atoms with Crippen molar-refractivity contribution in [1.29, 1.82) is 0 Å². The van der Waals surface area contributed by atoms with Gasteiger partial charge in [0.2, 0.25) is 0 Å². The molecule has 0 atom stereocenters. The fourth-order valence-electron chi connectivity index (χ4n) is 2.44. The molecule has 124 valence electrons. The molecule has 0 aliphatic rings. The molecule has 0 aliphatic carbocycles. The molecular weight excluding hydrogens is 324 g/mol. The van der Waals surface area contributed by atoms with Gasteiger partial charge in [0.05, 0.1) is 10.6 Å². The van der Waals surface area contributed by atoms with E-state index in [0.717, 1.165) is 16.7 Å². The number of anilines is 1. The average molecular weight is 342 g/mol. The molecule has 0 radical (unpaired) electrons. The minimum atomic E-state index is -3.64. The number of aryl methyl sites for hydroxylation is 2. The van der Waals surface area contributed by atoms with Crippen molar-refractivity contribution in [3.8, 4) is 11.4 Å². The van der Waals surface area contributed by atoms with Crippen LogP contribution in [0.25, 0.3) is 11.4 Å². The number of benzene rings is 2. The highest BCUT2D eigenvalue weighted by Crippen LogP contribution is 2.28. The summed E-state index contributed by atoms with van der Waals surface area (Å²) in [6.45, 7) is 3.77. The third kappa shape index (κ3) is 3.03. The van der Waals surface area contributed by atoms with Gasteiger partial charge in [-0.15, -0.1) is 10.2 Å².